The SMILES string of the molecule is Cc1ccc(C(C)(N)c2cccc(C(F)(F)F)c2)cc1F. The maximum absolute atomic E-state index is 13.7. The molecule has 0 bridgehead atoms. The molecule has 2 rings (SSSR count). The van der Waals surface area contributed by atoms with E-state index in [1.165, 1.54) is 18.2 Å². The van der Waals surface area contributed by atoms with Gasteiger partial charge in [0.05, 0.1) is 11.1 Å². The van der Waals surface area contributed by atoms with Gasteiger partial charge in [-0.3, -0.25) is 0 Å². The van der Waals surface area contributed by atoms with Crippen molar-refractivity contribution < 1.29 is 17.6 Å². The molecule has 0 aliphatic carbocycles. The molecule has 0 heterocycles. The largest absolute Gasteiger partial charge is 0.416 e. The molecule has 21 heavy (non-hydrogen) atoms. The lowest BCUT2D eigenvalue weighted by atomic mass is 9.84. The highest BCUT2D eigenvalue weighted by atomic mass is 19.4. The third kappa shape index (κ3) is 3.08. The lowest BCUT2D eigenvalue weighted by Crippen LogP contribution is -2.34. The first-order valence-electron chi connectivity index (χ1n) is 6.35. The number of hydrogen-bond acceptors (Lipinski definition) is 1. The molecule has 2 aromatic carbocycles. The van der Waals surface area contributed by atoms with E-state index in [1.807, 2.05) is 0 Å². The summed E-state index contributed by atoms with van der Waals surface area (Å²) < 4.78 is 52.0. The highest BCUT2D eigenvalue weighted by molar-refractivity contribution is 5.40. The molecular formula is C16H15F4N. The van der Waals surface area contributed by atoms with Gasteiger partial charge in [-0.1, -0.05) is 24.3 Å². The van der Waals surface area contributed by atoms with Gasteiger partial charge >= 0.3 is 6.18 Å². The van der Waals surface area contributed by atoms with Gasteiger partial charge in [-0.05, 0) is 48.7 Å². The second-order valence-corrected chi connectivity index (χ2v) is 5.24. The summed E-state index contributed by atoms with van der Waals surface area (Å²) in [4.78, 5) is 0. The predicted octanol–water partition coefficient (Wildman–Crippen LogP) is 4.38. The summed E-state index contributed by atoms with van der Waals surface area (Å²) in [5, 5.41) is 0. The summed E-state index contributed by atoms with van der Waals surface area (Å²) in [7, 11) is 0. The first-order chi connectivity index (χ1) is 9.62. The average molecular weight is 297 g/mol. The first-order valence-corrected chi connectivity index (χ1v) is 6.35. The van der Waals surface area contributed by atoms with Crippen LogP contribution in [0.4, 0.5) is 17.6 Å². The Morgan fingerprint density at radius 3 is 2.05 bits per heavy atom. The van der Waals surface area contributed by atoms with Gasteiger partial charge in [0.2, 0.25) is 0 Å². The molecule has 1 nitrogen and oxygen atoms in total. The van der Waals surface area contributed by atoms with Crippen molar-refractivity contribution in [2.75, 3.05) is 0 Å². The molecule has 0 aliphatic rings. The molecule has 0 saturated heterocycles. The van der Waals surface area contributed by atoms with E-state index < -0.39 is 23.1 Å². The molecular weight excluding hydrogens is 282 g/mol. The smallest absolute Gasteiger partial charge is 0.318 e. The lowest BCUT2D eigenvalue weighted by molar-refractivity contribution is -0.137. The summed E-state index contributed by atoms with van der Waals surface area (Å²) >= 11 is 0. The van der Waals surface area contributed by atoms with E-state index in [4.69, 9.17) is 5.73 Å². The van der Waals surface area contributed by atoms with Crippen LogP contribution in [0, 0.1) is 12.7 Å². The van der Waals surface area contributed by atoms with Crippen molar-refractivity contribution in [1.29, 1.82) is 0 Å². The highest BCUT2D eigenvalue weighted by Crippen LogP contribution is 2.34. The number of nitrogens with two attached hydrogens (primary N) is 1. The molecule has 1 atom stereocenters. The fourth-order valence-electron chi connectivity index (χ4n) is 2.10. The zero-order valence-electron chi connectivity index (χ0n) is 11.6. The quantitative estimate of drug-likeness (QED) is 0.818. The lowest BCUT2D eigenvalue weighted by Gasteiger charge is -2.27. The monoisotopic (exact) mass is 297 g/mol. The molecule has 0 spiro atoms. The van der Waals surface area contributed by atoms with Gasteiger partial charge in [0.25, 0.3) is 0 Å². The summed E-state index contributed by atoms with van der Waals surface area (Å²) in [6.07, 6.45) is -4.44. The Labute approximate surface area is 120 Å². The van der Waals surface area contributed by atoms with Gasteiger partial charge in [-0.25, -0.2) is 4.39 Å². The van der Waals surface area contributed by atoms with Crippen LogP contribution in [-0.2, 0) is 11.7 Å². The molecule has 2 aromatic rings. The zero-order valence-corrected chi connectivity index (χ0v) is 11.6. The van der Waals surface area contributed by atoms with Gasteiger partial charge in [0.1, 0.15) is 5.82 Å². The number of rotatable bonds is 2. The molecule has 0 aromatic heterocycles. The van der Waals surface area contributed by atoms with Crippen molar-refractivity contribution >= 4 is 0 Å². The molecule has 0 amide bonds. The summed E-state index contributed by atoms with van der Waals surface area (Å²) in [6.45, 7) is 3.17. The number of benzene rings is 2. The minimum absolute atomic E-state index is 0.278. The fourth-order valence-corrected chi connectivity index (χ4v) is 2.10. The van der Waals surface area contributed by atoms with E-state index in [9.17, 15) is 17.6 Å². The third-order valence-corrected chi connectivity index (χ3v) is 3.56. The van der Waals surface area contributed by atoms with Crippen LogP contribution in [0.5, 0.6) is 0 Å². The molecule has 1 unspecified atom stereocenters. The van der Waals surface area contributed by atoms with Crippen molar-refractivity contribution in [3.8, 4) is 0 Å². The van der Waals surface area contributed by atoms with Crippen molar-refractivity contribution in [3.63, 3.8) is 0 Å². The van der Waals surface area contributed by atoms with E-state index in [-0.39, 0.29) is 5.56 Å². The van der Waals surface area contributed by atoms with Crippen molar-refractivity contribution in [3.05, 3.63) is 70.5 Å². The van der Waals surface area contributed by atoms with Crippen LogP contribution >= 0.6 is 0 Å². The number of aryl methyl sites for hydroxylation is 1. The molecule has 0 radical (unpaired) electrons. The second-order valence-electron chi connectivity index (χ2n) is 5.24. The fraction of sp³-hybridized carbons (Fsp3) is 0.250. The second kappa shape index (κ2) is 5.15. The number of halogens is 4. The normalized spacial score (nSPS) is 14.8. The number of hydrogen-bond donors (Lipinski definition) is 1. The van der Waals surface area contributed by atoms with Crippen LogP contribution in [0.15, 0.2) is 42.5 Å². The van der Waals surface area contributed by atoms with E-state index >= 15 is 0 Å². The first kappa shape index (κ1) is 15.5. The standard InChI is InChI=1S/C16H15F4N/c1-10-6-7-12(9-14(10)17)15(2,21)11-4-3-5-13(8-11)16(18,19)20/h3-9H,21H2,1-2H3. The average Bonchev–Trinajstić information content (AvgIpc) is 2.41. The van der Waals surface area contributed by atoms with Crippen molar-refractivity contribution in [2.24, 2.45) is 5.73 Å². The Balaban J connectivity index is 2.50. The van der Waals surface area contributed by atoms with Crippen LogP contribution in [-0.4, -0.2) is 0 Å². The summed E-state index contributed by atoms with van der Waals surface area (Å²) in [5.74, 6) is -0.434. The van der Waals surface area contributed by atoms with Crippen LogP contribution in [0.3, 0.4) is 0 Å². The van der Waals surface area contributed by atoms with Gasteiger partial charge in [0.15, 0.2) is 0 Å². The van der Waals surface area contributed by atoms with Crippen molar-refractivity contribution in [1.82, 2.24) is 0 Å². The third-order valence-electron chi connectivity index (χ3n) is 3.56. The topological polar surface area (TPSA) is 26.0 Å². The van der Waals surface area contributed by atoms with Gasteiger partial charge in [-0.2, -0.15) is 13.2 Å². The highest BCUT2D eigenvalue weighted by Gasteiger charge is 2.33. The Bertz CT molecular complexity index is 660. The zero-order chi connectivity index (χ0) is 15.8. The van der Waals surface area contributed by atoms with Crippen LogP contribution in [0.25, 0.3) is 0 Å². The van der Waals surface area contributed by atoms with Crippen LogP contribution in [0.1, 0.15) is 29.2 Å². The molecule has 0 aliphatic heterocycles. The Morgan fingerprint density at radius 1 is 0.905 bits per heavy atom. The summed E-state index contributed by atoms with van der Waals surface area (Å²) in [6, 6.07) is 9.23. The summed E-state index contributed by atoms with van der Waals surface area (Å²) in [5.41, 5.74) is 5.33. The molecule has 2 N–H and O–H groups in total. The van der Waals surface area contributed by atoms with E-state index in [0.29, 0.717) is 11.1 Å². The molecule has 5 heteroatoms. The maximum atomic E-state index is 13.7. The van der Waals surface area contributed by atoms with Gasteiger partial charge in [-0.15, -0.1) is 0 Å². The van der Waals surface area contributed by atoms with E-state index in [0.717, 1.165) is 12.1 Å². The molecule has 112 valence electrons. The minimum atomic E-state index is -4.44. The number of alkyl halides is 3. The van der Waals surface area contributed by atoms with E-state index in [1.54, 1.807) is 26.0 Å². The Kier molecular flexibility index (Phi) is 3.80. The Morgan fingerprint density at radius 2 is 1.48 bits per heavy atom. The van der Waals surface area contributed by atoms with Crippen molar-refractivity contribution in [2.45, 2.75) is 25.6 Å². The van der Waals surface area contributed by atoms with E-state index in [2.05, 4.69) is 0 Å². The molecule has 0 fully saturated rings. The maximum Gasteiger partial charge on any atom is 0.416 e. The van der Waals surface area contributed by atoms with Crippen LogP contribution in [0.2, 0.25) is 0 Å². The van der Waals surface area contributed by atoms with Gasteiger partial charge < -0.3 is 5.73 Å². The van der Waals surface area contributed by atoms with Gasteiger partial charge in [0, 0.05) is 0 Å². The minimum Gasteiger partial charge on any atom is -0.318 e. The predicted molar refractivity (Wildman–Crippen MR) is 73.2 cm³/mol. The van der Waals surface area contributed by atoms with Crippen LogP contribution < -0.4 is 5.73 Å². The Hall–Kier alpha value is -1.88. The molecule has 0 saturated carbocycles.